The van der Waals surface area contributed by atoms with Crippen LogP contribution in [0.5, 0.6) is 0 Å². The maximum atomic E-state index is 13.9. The van der Waals surface area contributed by atoms with Crippen LogP contribution in [-0.2, 0) is 30.9 Å². The Kier molecular flexibility index (Phi) is 6.60. The number of carbonyl (C=O) groups is 2. The number of esters is 2. The molecule has 0 amide bonds. The highest BCUT2D eigenvalue weighted by molar-refractivity contribution is 5.78. The molecule has 6 heteroatoms. The maximum Gasteiger partial charge on any atom is 0.315 e. The molecule has 9 atom stereocenters. The van der Waals surface area contributed by atoms with E-state index in [2.05, 4.69) is 48.1 Å². The topological polar surface area (TPSA) is 78.4 Å². The highest BCUT2D eigenvalue weighted by Crippen LogP contribution is 2.77. The highest BCUT2D eigenvalue weighted by atomic mass is 16.7. The molecule has 4 fully saturated rings. The average molecular weight is 563 g/mol. The summed E-state index contributed by atoms with van der Waals surface area (Å²) in [5.41, 5.74) is 3.54. The van der Waals surface area contributed by atoms with Crippen LogP contribution in [0.2, 0.25) is 0 Å². The number of rotatable bonds is 4. The summed E-state index contributed by atoms with van der Waals surface area (Å²) in [7, 11) is 0. The molecule has 6 nitrogen and oxygen atoms in total. The Hall–Kier alpha value is -2.24. The fourth-order valence-electron chi connectivity index (χ4n) is 12.2. The second-order valence-electron chi connectivity index (χ2n) is 15.8. The van der Waals surface area contributed by atoms with E-state index in [1.54, 1.807) is 0 Å². The van der Waals surface area contributed by atoms with Crippen molar-refractivity contribution in [2.75, 3.05) is 6.79 Å². The molecule has 4 saturated carbocycles. The number of fused-ring (bicyclic) bond motifs is 8. The van der Waals surface area contributed by atoms with Crippen LogP contribution < -0.4 is 0 Å². The number of allylic oxidation sites excluding steroid dienone is 1. The molecule has 0 aromatic carbocycles. The van der Waals surface area contributed by atoms with Gasteiger partial charge in [0.2, 0.25) is 6.79 Å². The van der Waals surface area contributed by atoms with Crippen molar-refractivity contribution in [3.05, 3.63) is 35.9 Å². The minimum absolute atomic E-state index is 0.000400. The average Bonchev–Trinajstić information content (AvgIpc) is 3.30. The standard InChI is InChI=1S/C35H50N2O4/c1-21(2)23-11-14-35(30(39)41-20-40-22(3)38)16-15-33(7)24(28(23)35)9-10-27-32(6)19-25-29(37-18-17-36-25)31(4,5)26(32)12-13-34(27,33)8/h17-18,23-24,26-28H,1,9-16,19-20H2,2-8H3/t23-,24+,26-,27+,28+,32-,33+,34+,35-/m0/s1. The van der Waals surface area contributed by atoms with Gasteiger partial charge in [-0.1, -0.05) is 46.8 Å². The van der Waals surface area contributed by atoms with Crippen molar-refractivity contribution in [2.24, 2.45) is 51.2 Å². The van der Waals surface area contributed by atoms with Gasteiger partial charge in [-0.25, -0.2) is 0 Å². The number of nitrogens with zero attached hydrogens (tertiary/aromatic N) is 2. The van der Waals surface area contributed by atoms with Gasteiger partial charge in [0.1, 0.15) is 0 Å². The second kappa shape index (κ2) is 9.38. The zero-order valence-electron chi connectivity index (χ0n) is 26.3. The molecule has 0 unspecified atom stereocenters. The molecule has 0 bridgehead atoms. The lowest BCUT2D eigenvalue weighted by molar-refractivity contribution is -0.231. The van der Waals surface area contributed by atoms with Crippen molar-refractivity contribution >= 4 is 11.9 Å². The fourth-order valence-corrected chi connectivity index (χ4v) is 12.2. The lowest BCUT2D eigenvalue weighted by Crippen LogP contribution is -2.67. The van der Waals surface area contributed by atoms with Gasteiger partial charge in [0.25, 0.3) is 0 Å². The Bertz CT molecular complexity index is 1270. The summed E-state index contributed by atoms with van der Waals surface area (Å²) in [5, 5.41) is 0. The minimum Gasteiger partial charge on any atom is -0.428 e. The van der Waals surface area contributed by atoms with Crippen LogP contribution in [0, 0.1) is 51.2 Å². The van der Waals surface area contributed by atoms with Crippen LogP contribution in [0.15, 0.2) is 24.5 Å². The van der Waals surface area contributed by atoms with Gasteiger partial charge in [0.05, 0.1) is 16.8 Å². The SMILES string of the molecule is C=C(C)[C@@H]1CC[C@]2(C(=O)OCOC(C)=O)CC[C@]3(C)[C@H](CC[C@@H]4[C@@]5(C)Cc6nccnc6C(C)(C)[C@@H]5CC[C@]43C)[C@@H]12. The van der Waals surface area contributed by atoms with E-state index in [9.17, 15) is 9.59 Å². The molecule has 224 valence electrons. The molecule has 0 aliphatic heterocycles. The molecule has 6 rings (SSSR count). The summed E-state index contributed by atoms with van der Waals surface area (Å²) in [4.78, 5) is 35.0. The van der Waals surface area contributed by atoms with E-state index in [4.69, 9.17) is 19.4 Å². The van der Waals surface area contributed by atoms with E-state index >= 15 is 0 Å². The smallest absolute Gasteiger partial charge is 0.315 e. The Morgan fingerprint density at radius 1 is 0.878 bits per heavy atom. The summed E-state index contributed by atoms with van der Waals surface area (Å²) in [6, 6.07) is 0. The molecule has 0 saturated heterocycles. The predicted octanol–water partition coefficient (Wildman–Crippen LogP) is 7.21. The van der Waals surface area contributed by atoms with E-state index in [-0.39, 0.29) is 40.3 Å². The lowest BCUT2D eigenvalue weighted by atomic mass is 9.32. The van der Waals surface area contributed by atoms with Gasteiger partial charge in [0, 0.05) is 24.7 Å². The second-order valence-corrected chi connectivity index (χ2v) is 15.8. The largest absolute Gasteiger partial charge is 0.428 e. The molecule has 5 aliphatic rings. The van der Waals surface area contributed by atoms with Gasteiger partial charge in [-0.05, 0) is 111 Å². The maximum absolute atomic E-state index is 13.9. The number of hydrogen-bond acceptors (Lipinski definition) is 6. The number of aromatic nitrogens is 2. The predicted molar refractivity (Wildman–Crippen MR) is 157 cm³/mol. The third-order valence-corrected chi connectivity index (χ3v) is 14.0. The van der Waals surface area contributed by atoms with Crippen LogP contribution in [0.1, 0.15) is 111 Å². The normalized spacial score (nSPS) is 43.8. The van der Waals surface area contributed by atoms with Crippen molar-refractivity contribution < 1.29 is 19.1 Å². The molecule has 0 N–H and O–H groups in total. The Labute approximate surface area is 246 Å². The number of carbonyl (C=O) groups excluding carboxylic acids is 2. The Balaban J connectivity index is 1.37. The molecular weight excluding hydrogens is 512 g/mol. The van der Waals surface area contributed by atoms with Crippen molar-refractivity contribution in [2.45, 2.75) is 112 Å². The Morgan fingerprint density at radius 2 is 1.61 bits per heavy atom. The molecule has 1 aromatic rings. The fraction of sp³-hybridized carbons (Fsp3) is 0.771. The number of ether oxygens (including phenoxy) is 2. The van der Waals surface area contributed by atoms with Gasteiger partial charge >= 0.3 is 11.9 Å². The van der Waals surface area contributed by atoms with Crippen molar-refractivity contribution in [1.29, 1.82) is 0 Å². The zero-order valence-corrected chi connectivity index (χ0v) is 26.3. The van der Waals surface area contributed by atoms with Gasteiger partial charge in [0.15, 0.2) is 0 Å². The van der Waals surface area contributed by atoms with Gasteiger partial charge in [-0.15, -0.1) is 0 Å². The quantitative estimate of drug-likeness (QED) is 0.219. The molecule has 1 heterocycles. The molecule has 41 heavy (non-hydrogen) atoms. The van der Waals surface area contributed by atoms with Gasteiger partial charge < -0.3 is 9.47 Å². The van der Waals surface area contributed by atoms with Crippen LogP contribution in [-0.4, -0.2) is 28.7 Å². The minimum atomic E-state index is -0.514. The summed E-state index contributed by atoms with van der Waals surface area (Å²) >= 11 is 0. The van der Waals surface area contributed by atoms with E-state index in [0.717, 1.165) is 38.5 Å². The molecular formula is C35H50N2O4. The monoisotopic (exact) mass is 562 g/mol. The zero-order chi connectivity index (χ0) is 29.6. The van der Waals surface area contributed by atoms with Crippen LogP contribution in [0.4, 0.5) is 0 Å². The van der Waals surface area contributed by atoms with Crippen molar-refractivity contribution in [3.8, 4) is 0 Å². The molecule has 0 radical (unpaired) electrons. The van der Waals surface area contributed by atoms with Gasteiger partial charge in [-0.2, -0.15) is 0 Å². The molecule has 5 aliphatic carbocycles. The van der Waals surface area contributed by atoms with Crippen LogP contribution in [0.25, 0.3) is 0 Å². The van der Waals surface area contributed by atoms with Crippen molar-refractivity contribution in [3.63, 3.8) is 0 Å². The first-order chi connectivity index (χ1) is 19.2. The van der Waals surface area contributed by atoms with E-state index in [0.29, 0.717) is 23.7 Å². The third-order valence-electron chi connectivity index (χ3n) is 14.0. The van der Waals surface area contributed by atoms with E-state index < -0.39 is 11.4 Å². The summed E-state index contributed by atoms with van der Waals surface area (Å²) in [6.45, 7) is 20.2. The summed E-state index contributed by atoms with van der Waals surface area (Å²) in [5.74, 6) is 1.56. The number of hydrogen-bond donors (Lipinski definition) is 0. The van der Waals surface area contributed by atoms with E-state index in [1.165, 1.54) is 43.1 Å². The summed E-state index contributed by atoms with van der Waals surface area (Å²) < 4.78 is 10.7. The Morgan fingerprint density at radius 3 is 2.32 bits per heavy atom. The third kappa shape index (κ3) is 3.80. The van der Waals surface area contributed by atoms with Gasteiger partial charge in [-0.3, -0.25) is 19.6 Å². The lowest BCUT2D eigenvalue weighted by Gasteiger charge is -2.72. The van der Waals surface area contributed by atoms with E-state index in [1.807, 2.05) is 12.4 Å². The van der Waals surface area contributed by atoms with Crippen LogP contribution in [0.3, 0.4) is 0 Å². The molecule has 0 spiro atoms. The first kappa shape index (κ1) is 28.9. The first-order valence-electron chi connectivity index (χ1n) is 16.0. The highest BCUT2D eigenvalue weighted by Gasteiger charge is 2.72. The summed E-state index contributed by atoms with van der Waals surface area (Å²) in [6.07, 6.45) is 13.2. The molecule has 1 aromatic heterocycles. The van der Waals surface area contributed by atoms with Crippen molar-refractivity contribution in [1.82, 2.24) is 9.97 Å². The van der Waals surface area contributed by atoms with Crippen LogP contribution >= 0.6 is 0 Å². The first-order valence-corrected chi connectivity index (χ1v) is 16.0.